The van der Waals surface area contributed by atoms with Gasteiger partial charge in [-0.15, -0.1) is 0 Å². The number of aliphatic hydroxyl groups is 1. The Morgan fingerprint density at radius 1 is 1.05 bits per heavy atom. The van der Waals surface area contributed by atoms with Crippen LogP contribution in [0, 0.1) is 5.92 Å². The summed E-state index contributed by atoms with van der Waals surface area (Å²) in [6.45, 7) is 7.89. The van der Waals surface area contributed by atoms with Gasteiger partial charge in [-0.25, -0.2) is 4.79 Å². The molecule has 0 radical (unpaired) electrons. The van der Waals surface area contributed by atoms with Crippen molar-refractivity contribution >= 4 is 6.03 Å². The molecule has 3 N–H and O–H groups in total. The molecule has 112 valence electrons. The van der Waals surface area contributed by atoms with E-state index in [2.05, 4.69) is 24.5 Å². The summed E-state index contributed by atoms with van der Waals surface area (Å²) in [4.78, 5) is 11.8. The van der Waals surface area contributed by atoms with Gasteiger partial charge in [0.25, 0.3) is 0 Å². The number of amides is 2. The molecule has 4 heteroatoms. The molecule has 0 fully saturated rings. The van der Waals surface area contributed by atoms with Gasteiger partial charge in [0.1, 0.15) is 0 Å². The second kappa shape index (κ2) is 7.90. The van der Waals surface area contributed by atoms with Crippen LogP contribution >= 0.6 is 0 Å². The second-order valence-corrected chi connectivity index (χ2v) is 5.70. The molecular weight excluding hydrogens is 252 g/mol. The molecule has 1 aromatic carbocycles. The molecule has 2 amide bonds. The first-order chi connectivity index (χ1) is 9.40. The van der Waals surface area contributed by atoms with Gasteiger partial charge in [0.2, 0.25) is 0 Å². The van der Waals surface area contributed by atoms with Crippen molar-refractivity contribution in [2.24, 2.45) is 5.92 Å². The van der Waals surface area contributed by atoms with Crippen molar-refractivity contribution in [3.8, 4) is 0 Å². The summed E-state index contributed by atoms with van der Waals surface area (Å²) in [5, 5.41) is 15.8. The van der Waals surface area contributed by atoms with E-state index in [4.69, 9.17) is 0 Å². The van der Waals surface area contributed by atoms with Gasteiger partial charge in [-0.1, -0.05) is 44.2 Å². The Morgan fingerprint density at radius 2 is 1.60 bits per heavy atom. The first kappa shape index (κ1) is 16.5. The van der Waals surface area contributed by atoms with Crippen molar-refractivity contribution < 1.29 is 9.90 Å². The molecular formula is C16H26N2O2. The molecule has 0 aliphatic heterocycles. The topological polar surface area (TPSA) is 61.4 Å². The van der Waals surface area contributed by atoms with Crippen LogP contribution in [0.5, 0.6) is 0 Å². The van der Waals surface area contributed by atoms with Crippen molar-refractivity contribution in [3.05, 3.63) is 35.9 Å². The lowest BCUT2D eigenvalue weighted by Crippen LogP contribution is -2.49. The van der Waals surface area contributed by atoms with Crippen LogP contribution in [0.2, 0.25) is 0 Å². The molecule has 0 spiro atoms. The number of hydrogen-bond acceptors (Lipinski definition) is 2. The van der Waals surface area contributed by atoms with Gasteiger partial charge >= 0.3 is 6.03 Å². The van der Waals surface area contributed by atoms with Gasteiger partial charge in [0.15, 0.2) is 0 Å². The predicted octanol–water partition coefficient (Wildman–Crippen LogP) is 2.32. The second-order valence-electron chi connectivity index (χ2n) is 5.70. The molecule has 4 nitrogen and oxygen atoms in total. The zero-order chi connectivity index (χ0) is 15.1. The predicted molar refractivity (Wildman–Crippen MR) is 81.6 cm³/mol. The monoisotopic (exact) mass is 278 g/mol. The third kappa shape index (κ3) is 5.61. The van der Waals surface area contributed by atoms with Crippen molar-refractivity contribution in [2.75, 3.05) is 0 Å². The van der Waals surface area contributed by atoms with Crippen molar-refractivity contribution in [1.29, 1.82) is 0 Å². The molecule has 3 atom stereocenters. The number of urea groups is 1. The summed E-state index contributed by atoms with van der Waals surface area (Å²) >= 11 is 0. The van der Waals surface area contributed by atoms with Crippen LogP contribution in [0.4, 0.5) is 4.79 Å². The van der Waals surface area contributed by atoms with Gasteiger partial charge in [-0.2, -0.15) is 0 Å². The Morgan fingerprint density at radius 3 is 2.15 bits per heavy atom. The minimum absolute atomic E-state index is 0.105. The highest BCUT2D eigenvalue weighted by Crippen LogP contribution is 2.06. The van der Waals surface area contributed by atoms with Gasteiger partial charge in [0.05, 0.1) is 12.1 Å². The van der Waals surface area contributed by atoms with E-state index in [1.807, 2.05) is 44.2 Å². The third-order valence-corrected chi connectivity index (χ3v) is 3.58. The largest absolute Gasteiger partial charge is 0.391 e. The van der Waals surface area contributed by atoms with Gasteiger partial charge < -0.3 is 15.7 Å². The molecule has 1 rings (SSSR count). The van der Waals surface area contributed by atoms with Gasteiger partial charge in [0, 0.05) is 12.5 Å². The molecule has 0 aliphatic carbocycles. The van der Waals surface area contributed by atoms with Crippen LogP contribution < -0.4 is 10.6 Å². The SMILES string of the molecule is CC(C)C(C)NC(=O)NC(C)C(O)Cc1ccccc1. The average Bonchev–Trinajstić information content (AvgIpc) is 2.39. The van der Waals surface area contributed by atoms with E-state index in [-0.39, 0.29) is 18.1 Å². The fourth-order valence-corrected chi connectivity index (χ4v) is 1.75. The zero-order valence-corrected chi connectivity index (χ0v) is 12.8. The highest BCUT2D eigenvalue weighted by atomic mass is 16.3. The van der Waals surface area contributed by atoms with Crippen LogP contribution in [-0.2, 0) is 6.42 Å². The van der Waals surface area contributed by atoms with Crippen LogP contribution in [0.3, 0.4) is 0 Å². The average molecular weight is 278 g/mol. The Hall–Kier alpha value is -1.55. The highest BCUT2D eigenvalue weighted by molar-refractivity contribution is 5.74. The van der Waals surface area contributed by atoms with E-state index >= 15 is 0 Å². The van der Waals surface area contributed by atoms with Crippen LogP contribution in [0.1, 0.15) is 33.3 Å². The van der Waals surface area contributed by atoms with E-state index in [1.54, 1.807) is 0 Å². The molecule has 0 bridgehead atoms. The normalized spacial score (nSPS) is 15.5. The molecule has 0 heterocycles. The lowest BCUT2D eigenvalue weighted by atomic mass is 10.0. The maximum Gasteiger partial charge on any atom is 0.315 e. The number of rotatable bonds is 6. The quantitative estimate of drug-likeness (QED) is 0.748. The van der Waals surface area contributed by atoms with Gasteiger partial charge in [-0.3, -0.25) is 0 Å². The molecule has 3 unspecified atom stereocenters. The summed E-state index contributed by atoms with van der Waals surface area (Å²) in [5.41, 5.74) is 1.06. The Balaban J connectivity index is 2.41. The first-order valence-electron chi connectivity index (χ1n) is 7.19. The van der Waals surface area contributed by atoms with Crippen LogP contribution in [0.15, 0.2) is 30.3 Å². The standard InChI is InChI=1S/C16H26N2O2/c1-11(2)12(3)17-16(20)18-13(4)15(19)10-14-8-6-5-7-9-14/h5-9,11-13,15,19H,10H2,1-4H3,(H2,17,18,20). The van der Waals surface area contributed by atoms with Crippen LogP contribution in [-0.4, -0.2) is 29.3 Å². The fraction of sp³-hybridized carbons (Fsp3) is 0.562. The minimum atomic E-state index is -0.600. The summed E-state index contributed by atoms with van der Waals surface area (Å²) in [5.74, 6) is 0.380. The van der Waals surface area contributed by atoms with Crippen LogP contribution in [0.25, 0.3) is 0 Å². The number of carbonyl (C=O) groups excluding carboxylic acids is 1. The third-order valence-electron chi connectivity index (χ3n) is 3.58. The fourth-order valence-electron chi connectivity index (χ4n) is 1.75. The number of nitrogens with one attached hydrogen (secondary N) is 2. The summed E-state index contributed by atoms with van der Waals surface area (Å²) < 4.78 is 0. The van der Waals surface area contributed by atoms with Crippen molar-refractivity contribution in [1.82, 2.24) is 10.6 Å². The lowest BCUT2D eigenvalue weighted by molar-refractivity contribution is 0.135. The number of benzene rings is 1. The number of aliphatic hydroxyl groups excluding tert-OH is 1. The van der Waals surface area contributed by atoms with Gasteiger partial charge in [-0.05, 0) is 25.3 Å². The molecule has 0 aromatic heterocycles. The Bertz CT molecular complexity index is 406. The number of carbonyl (C=O) groups is 1. The zero-order valence-electron chi connectivity index (χ0n) is 12.8. The molecule has 0 saturated heterocycles. The molecule has 20 heavy (non-hydrogen) atoms. The number of hydrogen-bond donors (Lipinski definition) is 3. The van der Waals surface area contributed by atoms with E-state index < -0.39 is 6.10 Å². The van der Waals surface area contributed by atoms with E-state index in [1.165, 1.54) is 0 Å². The summed E-state index contributed by atoms with van der Waals surface area (Å²) in [7, 11) is 0. The molecule has 0 saturated carbocycles. The maximum atomic E-state index is 11.8. The summed E-state index contributed by atoms with van der Waals surface area (Å²) in [6.07, 6.45) is -0.0697. The molecule has 0 aliphatic rings. The Kier molecular flexibility index (Phi) is 6.52. The lowest BCUT2D eigenvalue weighted by Gasteiger charge is -2.23. The highest BCUT2D eigenvalue weighted by Gasteiger charge is 2.18. The van der Waals surface area contributed by atoms with E-state index in [0.717, 1.165) is 5.56 Å². The minimum Gasteiger partial charge on any atom is -0.391 e. The van der Waals surface area contributed by atoms with Crippen molar-refractivity contribution in [2.45, 2.75) is 52.3 Å². The summed E-state index contributed by atoms with van der Waals surface area (Å²) in [6, 6.07) is 9.34. The van der Waals surface area contributed by atoms with E-state index in [9.17, 15) is 9.90 Å². The Labute approximate surface area is 121 Å². The van der Waals surface area contributed by atoms with Crippen molar-refractivity contribution in [3.63, 3.8) is 0 Å². The smallest absolute Gasteiger partial charge is 0.315 e. The maximum absolute atomic E-state index is 11.8. The first-order valence-corrected chi connectivity index (χ1v) is 7.19. The molecule has 1 aromatic rings. The van der Waals surface area contributed by atoms with E-state index in [0.29, 0.717) is 12.3 Å².